The lowest BCUT2D eigenvalue weighted by molar-refractivity contribution is 0.209. The molecule has 0 atom stereocenters. The van der Waals surface area contributed by atoms with Gasteiger partial charge in [0.2, 0.25) is 0 Å². The van der Waals surface area contributed by atoms with Crippen molar-refractivity contribution in [2.24, 2.45) is 5.84 Å². The maximum atomic E-state index is 5.35. The first kappa shape index (κ1) is 11.1. The zero-order valence-corrected chi connectivity index (χ0v) is 9.95. The van der Waals surface area contributed by atoms with Crippen LogP contribution in [0.15, 0.2) is 24.7 Å². The van der Waals surface area contributed by atoms with Gasteiger partial charge in [-0.1, -0.05) is 0 Å². The molecule has 0 fully saturated rings. The van der Waals surface area contributed by atoms with Gasteiger partial charge in [-0.25, -0.2) is 10.8 Å². The first-order chi connectivity index (χ1) is 8.85. The minimum atomic E-state index is 0.688. The molecular formula is C11H15N7. The summed E-state index contributed by atoms with van der Waals surface area (Å²) in [6.07, 6.45) is 3.55. The van der Waals surface area contributed by atoms with Crippen LogP contribution in [0, 0.1) is 0 Å². The van der Waals surface area contributed by atoms with Crippen LogP contribution in [-0.4, -0.2) is 31.2 Å². The predicted molar refractivity (Wildman–Crippen MR) is 66.2 cm³/mol. The van der Waals surface area contributed by atoms with Crippen molar-refractivity contribution < 1.29 is 0 Å². The minimum absolute atomic E-state index is 0.688. The van der Waals surface area contributed by atoms with E-state index >= 15 is 0 Å². The number of anilines is 1. The van der Waals surface area contributed by atoms with E-state index in [1.807, 2.05) is 12.1 Å². The summed E-state index contributed by atoms with van der Waals surface area (Å²) in [5, 5.41) is 8.03. The molecule has 3 N–H and O–H groups in total. The molecule has 7 nitrogen and oxygen atoms in total. The number of rotatable bonds is 3. The van der Waals surface area contributed by atoms with E-state index in [2.05, 4.69) is 30.1 Å². The van der Waals surface area contributed by atoms with Crippen molar-refractivity contribution in [3.63, 3.8) is 0 Å². The topological polar surface area (TPSA) is 84.9 Å². The van der Waals surface area contributed by atoms with E-state index in [4.69, 9.17) is 5.84 Å². The summed E-state index contributed by atoms with van der Waals surface area (Å²) in [6, 6.07) is 3.96. The lowest BCUT2D eigenvalue weighted by Crippen LogP contribution is -2.33. The van der Waals surface area contributed by atoms with E-state index in [-0.39, 0.29) is 0 Å². The first-order valence-electron chi connectivity index (χ1n) is 5.86. The highest BCUT2D eigenvalue weighted by Gasteiger charge is 2.17. The SMILES string of the molecule is NNc1cc(CN2CCn3cnnc3C2)ccn1. The van der Waals surface area contributed by atoms with Crippen LogP contribution in [0.5, 0.6) is 0 Å². The fraction of sp³-hybridized carbons (Fsp3) is 0.364. The fourth-order valence-corrected chi connectivity index (χ4v) is 2.16. The fourth-order valence-electron chi connectivity index (χ4n) is 2.16. The normalized spacial score (nSPS) is 15.4. The van der Waals surface area contributed by atoms with Crippen molar-refractivity contribution >= 4 is 5.82 Å². The molecule has 94 valence electrons. The molecule has 0 aromatic carbocycles. The summed E-state index contributed by atoms with van der Waals surface area (Å²) < 4.78 is 2.09. The summed E-state index contributed by atoms with van der Waals surface area (Å²) in [5.74, 6) is 7.06. The van der Waals surface area contributed by atoms with Crippen molar-refractivity contribution in [2.45, 2.75) is 19.6 Å². The van der Waals surface area contributed by atoms with Crippen LogP contribution in [0.1, 0.15) is 11.4 Å². The Morgan fingerprint density at radius 2 is 2.33 bits per heavy atom. The number of nitrogens with zero attached hydrogens (tertiary/aromatic N) is 5. The lowest BCUT2D eigenvalue weighted by Gasteiger charge is -2.26. The number of aromatic nitrogens is 4. The summed E-state index contributed by atoms with van der Waals surface area (Å²) in [5.41, 5.74) is 3.75. The highest BCUT2D eigenvalue weighted by molar-refractivity contribution is 5.35. The molecule has 0 aliphatic carbocycles. The van der Waals surface area contributed by atoms with Gasteiger partial charge in [0, 0.05) is 25.8 Å². The quantitative estimate of drug-likeness (QED) is 0.583. The van der Waals surface area contributed by atoms with Crippen molar-refractivity contribution in [2.75, 3.05) is 12.0 Å². The standard InChI is InChI=1S/C11H15N7/c12-15-10-5-9(1-2-13-10)6-17-3-4-18-8-14-16-11(18)7-17/h1-2,5,8H,3-4,6-7,12H2,(H,13,15). The number of hydrogen-bond acceptors (Lipinski definition) is 6. The molecule has 2 aromatic heterocycles. The monoisotopic (exact) mass is 245 g/mol. The van der Waals surface area contributed by atoms with Gasteiger partial charge in [0.15, 0.2) is 0 Å². The molecule has 0 saturated heterocycles. The van der Waals surface area contributed by atoms with Gasteiger partial charge in [-0.3, -0.25) is 4.90 Å². The van der Waals surface area contributed by atoms with Crippen LogP contribution in [0.3, 0.4) is 0 Å². The number of nitrogens with two attached hydrogens (primary N) is 1. The molecule has 0 radical (unpaired) electrons. The lowest BCUT2D eigenvalue weighted by atomic mass is 10.2. The highest BCUT2D eigenvalue weighted by Crippen LogP contribution is 2.14. The van der Waals surface area contributed by atoms with Crippen molar-refractivity contribution in [1.82, 2.24) is 24.6 Å². The average Bonchev–Trinajstić information content (AvgIpc) is 2.86. The van der Waals surface area contributed by atoms with Gasteiger partial charge in [-0.2, -0.15) is 0 Å². The number of nitrogens with one attached hydrogen (secondary N) is 1. The largest absolute Gasteiger partial charge is 0.315 e. The van der Waals surface area contributed by atoms with Crippen LogP contribution in [0.25, 0.3) is 0 Å². The van der Waals surface area contributed by atoms with Gasteiger partial charge >= 0.3 is 0 Å². The number of nitrogen functional groups attached to an aromatic ring is 1. The van der Waals surface area contributed by atoms with Gasteiger partial charge in [-0.15, -0.1) is 10.2 Å². The van der Waals surface area contributed by atoms with E-state index < -0.39 is 0 Å². The molecule has 0 saturated carbocycles. The second-order valence-electron chi connectivity index (χ2n) is 4.34. The number of hydrogen-bond donors (Lipinski definition) is 2. The van der Waals surface area contributed by atoms with Crippen molar-refractivity contribution in [1.29, 1.82) is 0 Å². The molecule has 3 heterocycles. The average molecular weight is 245 g/mol. The first-order valence-corrected chi connectivity index (χ1v) is 5.86. The Labute approximate surface area is 105 Å². The Hall–Kier alpha value is -1.99. The number of hydrazine groups is 1. The molecule has 1 aliphatic rings. The summed E-state index contributed by atoms with van der Waals surface area (Å²) >= 11 is 0. The van der Waals surface area contributed by atoms with E-state index in [1.165, 1.54) is 5.56 Å². The van der Waals surface area contributed by atoms with Gasteiger partial charge in [0.05, 0.1) is 6.54 Å². The second kappa shape index (κ2) is 4.71. The Bertz CT molecular complexity index is 536. The minimum Gasteiger partial charge on any atom is -0.315 e. The molecule has 0 bridgehead atoms. The summed E-state index contributed by atoms with van der Waals surface area (Å²) in [4.78, 5) is 6.43. The van der Waals surface area contributed by atoms with E-state index in [0.717, 1.165) is 32.0 Å². The Morgan fingerprint density at radius 3 is 3.22 bits per heavy atom. The molecule has 7 heteroatoms. The maximum absolute atomic E-state index is 5.35. The molecule has 1 aliphatic heterocycles. The molecule has 2 aromatic rings. The van der Waals surface area contributed by atoms with Crippen molar-refractivity contribution in [3.05, 3.63) is 36.0 Å². The van der Waals surface area contributed by atoms with Crippen molar-refractivity contribution in [3.8, 4) is 0 Å². The molecule has 0 unspecified atom stereocenters. The van der Waals surface area contributed by atoms with Crippen LogP contribution >= 0.6 is 0 Å². The van der Waals surface area contributed by atoms with Crippen LogP contribution in [0.4, 0.5) is 5.82 Å². The molecule has 3 rings (SSSR count). The Morgan fingerprint density at radius 1 is 1.39 bits per heavy atom. The smallest absolute Gasteiger partial charge is 0.147 e. The van der Waals surface area contributed by atoms with Gasteiger partial charge in [0.1, 0.15) is 18.0 Å². The van der Waals surface area contributed by atoms with Crippen LogP contribution < -0.4 is 11.3 Å². The third kappa shape index (κ3) is 2.18. The number of fused-ring (bicyclic) bond motifs is 1. The predicted octanol–water partition coefficient (Wildman–Crippen LogP) is -0.0255. The van der Waals surface area contributed by atoms with Crippen LogP contribution in [0.2, 0.25) is 0 Å². The Kier molecular flexibility index (Phi) is 2.91. The summed E-state index contributed by atoms with van der Waals surface area (Å²) in [7, 11) is 0. The van der Waals surface area contributed by atoms with Gasteiger partial charge < -0.3 is 9.99 Å². The number of pyridine rings is 1. The second-order valence-corrected chi connectivity index (χ2v) is 4.34. The molecule has 0 amide bonds. The van der Waals surface area contributed by atoms with E-state index in [9.17, 15) is 0 Å². The van der Waals surface area contributed by atoms with Gasteiger partial charge in [-0.05, 0) is 17.7 Å². The molecule has 18 heavy (non-hydrogen) atoms. The zero-order valence-electron chi connectivity index (χ0n) is 9.95. The zero-order chi connectivity index (χ0) is 12.4. The third-order valence-corrected chi connectivity index (χ3v) is 3.10. The maximum Gasteiger partial charge on any atom is 0.147 e. The molecule has 0 spiro atoms. The third-order valence-electron chi connectivity index (χ3n) is 3.10. The highest BCUT2D eigenvalue weighted by atomic mass is 15.3. The molecular weight excluding hydrogens is 230 g/mol. The van der Waals surface area contributed by atoms with Gasteiger partial charge in [0.25, 0.3) is 0 Å². The Balaban J connectivity index is 1.70. The van der Waals surface area contributed by atoms with E-state index in [0.29, 0.717) is 5.82 Å². The van der Waals surface area contributed by atoms with E-state index in [1.54, 1.807) is 12.5 Å². The summed E-state index contributed by atoms with van der Waals surface area (Å²) in [6.45, 7) is 3.63. The van der Waals surface area contributed by atoms with Crippen LogP contribution in [-0.2, 0) is 19.6 Å².